The van der Waals surface area contributed by atoms with Crippen LogP contribution in [0.15, 0.2) is 35.7 Å². The quantitative estimate of drug-likeness (QED) is 0.460. The molecule has 1 aromatic carbocycles. The first kappa shape index (κ1) is 26.8. The lowest BCUT2D eigenvalue weighted by molar-refractivity contribution is -0.124. The molecule has 3 atom stereocenters. The van der Waals surface area contributed by atoms with E-state index in [9.17, 15) is 14.7 Å². The highest BCUT2D eigenvalue weighted by molar-refractivity contribution is 7.09. The van der Waals surface area contributed by atoms with E-state index >= 15 is 0 Å². The molecule has 7 nitrogen and oxygen atoms in total. The van der Waals surface area contributed by atoms with Gasteiger partial charge in [0.05, 0.1) is 23.4 Å². The average molecular weight is 475 g/mol. The van der Waals surface area contributed by atoms with Crippen molar-refractivity contribution in [2.45, 2.75) is 78.1 Å². The van der Waals surface area contributed by atoms with Gasteiger partial charge in [0, 0.05) is 24.4 Å². The summed E-state index contributed by atoms with van der Waals surface area (Å²) >= 11 is 1.59. The van der Waals surface area contributed by atoms with Crippen molar-refractivity contribution >= 4 is 23.3 Å². The highest BCUT2D eigenvalue weighted by Crippen LogP contribution is 2.20. The first-order valence-electron chi connectivity index (χ1n) is 11.5. The Labute approximate surface area is 201 Å². The van der Waals surface area contributed by atoms with Gasteiger partial charge in [0.15, 0.2) is 0 Å². The van der Waals surface area contributed by atoms with Crippen LogP contribution in [0.3, 0.4) is 0 Å². The summed E-state index contributed by atoms with van der Waals surface area (Å²) < 4.78 is 0. The lowest BCUT2D eigenvalue weighted by Gasteiger charge is -2.28. The smallest absolute Gasteiger partial charge is 0.318 e. The number of carbonyl (C=O) groups excluding carboxylic acids is 2. The second-order valence-corrected chi connectivity index (χ2v) is 10.2. The summed E-state index contributed by atoms with van der Waals surface area (Å²) in [4.78, 5) is 32.1. The number of aliphatic hydroxyl groups excluding tert-OH is 1. The maximum atomic E-state index is 13.1. The van der Waals surface area contributed by atoms with Crippen molar-refractivity contribution in [3.63, 3.8) is 0 Å². The van der Waals surface area contributed by atoms with Crippen LogP contribution in [0.25, 0.3) is 0 Å². The number of aromatic nitrogens is 1. The van der Waals surface area contributed by atoms with E-state index in [1.807, 2.05) is 49.6 Å². The standard InChI is InChI=1S/C25H38N4O3S/c1-16(2)22(28-25(32)29(6)14-21-15-33-24(27-21)17(3)4)23(31)26-20(12-18(5)30)13-19-10-8-7-9-11-19/h7-11,15-18,20,22,30H,12-14H2,1-6H3,(H,26,31)(H,28,32)/t18-,20-,22?/m1/s1. The van der Waals surface area contributed by atoms with E-state index in [-0.39, 0.29) is 23.9 Å². The van der Waals surface area contributed by atoms with Crippen molar-refractivity contribution in [3.8, 4) is 0 Å². The number of thiazole rings is 1. The molecule has 1 unspecified atom stereocenters. The Morgan fingerprint density at radius 3 is 2.30 bits per heavy atom. The van der Waals surface area contributed by atoms with Crippen molar-refractivity contribution in [2.75, 3.05) is 7.05 Å². The molecule has 2 aromatic rings. The van der Waals surface area contributed by atoms with Gasteiger partial charge < -0.3 is 20.6 Å². The largest absolute Gasteiger partial charge is 0.393 e. The number of hydrogen-bond donors (Lipinski definition) is 3. The molecule has 0 radical (unpaired) electrons. The summed E-state index contributed by atoms with van der Waals surface area (Å²) in [7, 11) is 1.70. The van der Waals surface area contributed by atoms with Crippen LogP contribution >= 0.6 is 11.3 Å². The third-order valence-corrected chi connectivity index (χ3v) is 6.53. The predicted molar refractivity (Wildman–Crippen MR) is 133 cm³/mol. The number of hydrogen-bond acceptors (Lipinski definition) is 5. The molecule has 3 amide bonds. The number of nitrogens with zero attached hydrogens (tertiary/aromatic N) is 2. The van der Waals surface area contributed by atoms with Crippen LogP contribution in [0.2, 0.25) is 0 Å². The Balaban J connectivity index is 2.01. The van der Waals surface area contributed by atoms with Gasteiger partial charge in [-0.2, -0.15) is 0 Å². The molecule has 0 aliphatic rings. The molecule has 3 N–H and O–H groups in total. The first-order valence-corrected chi connectivity index (χ1v) is 12.4. The second-order valence-electron chi connectivity index (χ2n) is 9.34. The van der Waals surface area contributed by atoms with Crippen LogP contribution in [0.5, 0.6) is 0 Å². The first-order chi connectivity index (χ1) is 15.6. The molecule has 1 aromatic heterocycles. The van der Waals surface area contributed by atoms with E-state index in [4.69, 9.17) is 0 Å². The van der Waals surface area contributed by atoms with Crippen molar-refractivity contribution in [1.82, 2.24) is 20.5 Å². The second kappa shape index (κ2) is 12.7. The molecule has 0 saturated carbocycles. The fourth-order valence-corrected chi connectivity index (χ4v) is 4.37. The lowest BCUT2D eigenvalue weighted by atomic mass is 9.98. The van der Waals surface area contributed by atoms with Crippen molar-refractivity contribution < 1.29 is 14.7 Å². The van der Waals surface area contributed by atoms with Crippen LogP contribution in [-0.4, -0.2) is 52.2 Å². The van der Waals surface area contributed by atoms with Crippen LogP contribution in [0, 0.1) is 5.92 Å². The molecule has 1 heterocycles. The van der Waals surface area contributed by atoms with Gasteiger partial charge in [-0.3, -0.25) is 4.79 Å². The predicted octanol–water partition coefficient (Wildman–Crippen LogP) is 3.93. The Bertz CT molecular complexity index is 883. The van der Waals surface area contributed by atoms with Gasteiger partial charge in [0.25, 0.3) is 0 Å². The van der Waals surface area contributed by atoms with Crippen molar-refractivity contribution in [2.24, 2.45) is 5.92 Å². The monoisotopic (exact) mass is 474 g/mol. The maximum Gasteiger partial charge on any atom is 0.318 e. The summed E-state index contributed by atoms with van der Waals surface area (Å²) in [6.45, 7) is 10.1. The fraction of sp³-hybridized carbons (Fsp3) is 0.560. The number of urea groups is 1. The number of nitrogens with one attached hydrogen (secondary N) is 2. The molecule has 0 aliphatic carbocycles. The van der Waals surface area contributed by atoms with E-state index in [1.54, 1.807) is 30.2 Å². The van der Waals surface area contributed by atoms with Gasteiger partial charge in [-0.15, -0.1) is 11.3 Å². The third-order valence-electron chi connectivity index (χ3n) is 5.33. The number of amides is 3. The van der Waals surface area contributed by atoms with Gasteiger partial charge in [0.1, 0.15) is 6.04 Å². The summed E-state index contributed by atoms with van der Waals surface area (Å²) in [5.41, 5.74) is 1.92. The minimum absolute atomic E-state index is 0.0990. The molecule has 182 valence electrons. The zero-order valence-electron chi connectivity index (χ0n) is 20.5. The van der Waals surface area contributed by atoms with Crippen molar-refractivity contribution in [1.29, 1.82) is 0 Å². The topological polar surface area (TPSA) is 94.6 Å². The van der Waals surface area contributed by atoms with Gasteiger partial charge in [0.2, 0.25) is 5.91 Å². The summed E-state index contributed by atoms with van der Waals surface area (Å²) in [5.74, 6) is 0.00421. The Morgan fingerprint density at radius 2 is 1.76 bits per heavy atom. The molecular weight excluding hydrogens is 436 g/mol. The number of carbonyl (C=O) groups is 2. The van der Waals surface area contributed by atoms with E-state index in [2.05, 4.69) is 29.5 Å². The zero-order valence-corrected chi connectivity index (χ0v) is 21.4. The normalized spacial score (nSPS) is 14.1. The number of rotatable bonds is 11. The van der Waals surface area contributed by atoms with Gasteiger partial charge in [-0.25, -0.2) is 9.78 Å². The third kappa shape index (κ3) is 8.78. The fourth-order valence-electron chi connectivity index (χ4n) is 3.55. The highest BCUT2D eigenvalue weighted by atomic mass is 32.1. The molecule has 2 rings (SSSR count). The van der Waals surface area contributed by atoms with Crippen LogP contribution in [-0.2, 0) is 17.8 Å². The molecule has 0 bridgehead atoms. The van der Waals surface area contributed by atoms with E-state index < -0.39 is 12.1 Å². The molecule has 0 aliphatic heterocycles. The highest BCUT2D eigenvalue weighted by Gasteiger charge is 2.28. The molecule has 0 fully saturated rings. The zero-order chi connectivity index (χ0) is 24.5. The average Bonchev–Trinajstić information content (AvgIpc) is 3.20. The van der Waals surface area contributed by atoms with E-state index in [0.29, 0.717) is 25.3 Å². The van der Waals surface area contributed by atoms with E-state index in [0.717, 1.165) is 16.3 Å². The summed E-state index contributed by atoms with van der Waals surface area (Å²) in [6, 6.07) is 8.61. The van der Waals surface area contributed by atoms with Crippen LogP contribution < -0.4 is 10.6 Å². The van der Waals surface area contributed by atoms with Crippen molar-refractivity contribution in [3.05, 3.63) is 52.0 Å². The Hall–Kier alpha value is -2.45. The summed E-state index contributed by atoms with van der Waals surface area (Å²) in [6.07, 6.45) is 0.491. The molecule has 0 saturated heterocycles. The molecule has 8 heteroatoms. The minimum Gasteiger partial charge on any atom is -0.393 e. The lowest BCUT2D eigenvalue weighted by Crippen LogP contribution is -2.55. The number of aliphatic hydroxyl groups is 1. The van der Waals surface area contributed by atoms with Gasteiger partial charge in [-0.05, 0) is 31.2 Å². The SMILES string of the molecule is CC(C)c1nc(CN(C)C(=O)NC(C(=O)N[C@@H](Cc2ccccc2)C[C@@H](C)O)C(C)C)cs1. The van der Waals surface area contributed by atoms with Gasteiger partial charge in [-0.1, -0.05) is 58.0 Å². The van der Waals surface area contributed by atoms with Crippen LogP contribution in [0.4, 0.5) is 4.79 Å². The van der Waals surface area contributed by atoms with Gasteiger partial charge >= 0.3 is 6.03 Å². The molecule has 0 spiro atoms. The maximum absolute atomic E-state index is 13.1. The Morgan fingerprint density at radius 1 is 1.09 bits per heavy atom. The summed E-state index contributed by atoms with van der Waals surface area (Å²) in [5, 5.41) is 18.9. The van der Waals surface area contributed by atoms with Crippen LogP contribution in [0.1, 0.15) is 63.2 Å². The minimum atomic E-state index is -0.686. The molecular formula is C25H38N4O3S. The Kier molecular flexibility index (Phi) is 10.3. The van der Waals surface area contributed by atoms with E-state index in [1.165, 1.54) is 0 Å². The molecule has 33 heavy (non-hydrogen) atoms. The number of benzene rings is 1.